The fourth-order valence-corrected chi connectivity index (χ4v) is 4.99. The number of benzene rings is 2. The summed E-state index contributed by atoms with van der Waals surface area (Å²) in [5.41, 5.74) is 1.34. The largest absolute Gasteiger partial charge is 0.454 e. The van der Waals surface area contributed by atoms with Gasteiger partial charge in [0, 0.05) is 29.8 Å². The van der Waals surface area contributed by atoms with Crippen LogP contribution in [0.5, 0.6) is 11.5 Å². The van der Waals surface area contributed by atoms with Crippen LogP contribution in [0.15, 0.2) is 72.0 Å². The molecule has 0 spiro atoms. The van der Waals surface area contributed by atoms with Gasteiger partial charge in [-0.2, -0.15) is 0 Å². The molecule has 2 aliphatic heterocycles. The van der Waals surface area contributed by atoms with Crippen molar-refractivity contribution in [3.8, 4) is 11.5 Å². The summed E-state index contributed by atoms with van der Waals surface area (Å²) >= 11 is 0. The molecule has 1 saturated heterocycles. The Bertz CT molecular complexity index is 1200. The fourth-order valence-electron chi connectivity index (χ4n) is 4.99. The summed E-state index contributed by atoms with van der Waals surface area (Å²) in [6.45, 7) is 7.10. The lowest BCUT2D eigenvalue weighted by Gasteiger charge is -2.30. The van der Waals surface area contributed by atoms with E-state index in [1.165, 1.54) is 0 Å². The van der Waals surface area contributed by atoms with Crippen molar-refractivity contribution in [2.24, 2.45) is 11.8 Å². The second kappa shape index (κ2) is 9.25. The second-order valence-electron chi connectivity index (χ2n) is 9.93. The van der Waals surface area contributed by atoms with E-state index in [9.17, 15) is 9.59 Å². The number of rotatable bonds is 7. The molecule has 182 valence electrons. The van der Waals surface area contributed by atoms with Crippen LogP contribution in [-0.2, 0) is 16.0 Å². The van der Waals surface area contributed by atoms with E-state index in [4.69, 9.17) is 14.2 Å². The van der Waals surface area contributed by atoms with Gasteiger partial charge < -0.3 is 19.1 Å². The monoisotopic (exact) mass is 473 g/mol. The van der Waals surface area contributed by atoms with E-state index in [2.05, 4.69) is 32.9 Å². The second-order valence-corrected chi connectivity index (χ2v) is 9.93. The van der Waals surface area contributed by atoms with Crippen LogP contribution < -0.4 is 9.47 Å². The Morgan fingerprint density at radius 3 is 2.71 bits per heavy atom. The minimum Gasteiger partial charge on any atom is -0.454 e. The quantitative estimate of drug-likeness (QED) is 0.511. The normalized spacial score (nSPS) is 22.7. The van der Waals surface area contributed by atoms with Crippen molar-refractivity contribution in [3.05, 3.63) is 83.1 Å². The zero-order valence-electron chi connectivity index (χ0n) is 20.5. The molecule has 6 heteroatoms. The van der Waals surface area contributed by atoms with Gasteiger partial charge in [-0.3, -0.25) is 4.79 Å². The SMILES string of the molecule is CC(C)CCN1C(=O)C(Cc2cccc3c2OCO3)(OC(=O)c2ccccc2)C2=CC(C)CC=C21. The number of esters is 1. The number of allylic oxidation sites excluding steroid dienone is 2. The highest BCUT2D eigenvalue weighted by atomic mass is 16.7. The van der Waals surface area contributed by atoms with Gasteiger partial charge in [0.1, 0.15) is 0 Å². The molecular formula is C29H31NO5. The molecule has 0 bridgehead atoms. The third kappa shape index (κ3) is 4.22. The lowest BCUT2D eigenvalue weighted by molar-refractivity contribution is -0.141. The number of nitrogens with zero attached hydrogens (tertiary/aromatic N) is 1. The number of hydrogen-bond acceptors (Lipinski definition) is 5. The van der Waals surface area contributed by atoms with Crippen LogP contribution in [0.3, 0.4) is 0 Å². The summed E-state index contributed by atoms with van der Waals surface area (Å²) in [7, 11) is 0. The van der Waals surface area contributed by atoms with Gasteiger partial charge in [0.15, 0.2) is 11.5 Å². The number of ether oxygens (including phenoxy) is 3. The third-order valence-electron chi connectivity index (χ3n) is 6.85. The maximum absolute atomic E-state index is 14.3. The van der Waals surface area contributed by atoms with Crippen molar-refractivity contribution < 1.29 is 23.8 Å². The number of hydrogen-bond donors (Lipinski definition) is 0. The average molecular weight is 474 g/mol. The molecule has 2 aromatic carbocycles. The smallest absolute Gasteiger partial charge is 0.339 e. The Morgan fingerprint density at radius 2 is 1.94 bits per heavy atom. The number of para-hydroxylation sites is 1. The summed E-state index contributed by atoms with van der Waals surface area (Å²) in [6, 6.07) is 14.5. The van der Waals surface area contributed by atoms with E-state index in [0.717, 1.165) is 29.7 Å². The van der Waals surface area contributed by atoms with Crippen LogP contribution in [0, 0.1) is 11.8 Å². The average Bonchev–Trinajstić information content (AvgIpc) is 3.41. The maximum atomic E-state index is 14.3. The summed E-state index contributed by atoms with van der Waals surface area (Å²) in [6.07, 6.45) is 6.08. The number of amides is 1. The van der Waals surface area contributed by atoms with E-state index >= 15 is 0 Å². The molecule has 2 unspecified atom stereocenters. The Kier molecular flexibility index (Phi) is 6.13. The molecule has 35 heavy (non-hydrogen) atoms. The molecule has 2 atom stereocenters. The first-order chi connectivity index (χ1) is 16.9. The van der Waals surface area contributed by atoms with Gasteiger partial charge in [0.05, 0.1) is 5.56 Å². The summed E-state index contributed by atoms with van der Waals surface area (Å²) < 4.78 is 17.6. The summed E-state index contributed by atoms with van der Waals surface area (Å²) in [4.78, 5) is 29.5. The summed E-state index contributed by atoms with van der Waals surface area (Å²) in [5, 5.41) is 0. The first-order valence-electron chi connectivity index (χ1n) is 12.3. The molecule has 1 amide bonds. The van der Waals surface area contributed by atoms with E-state index < -0.39 is 11.6 Å². The first-order valence-corrected chi connectivity index (χ1v) is 12.3. The van der Waals surface area contributed by atoms with Crippen molar-refractivity contribution in [2.75, 3.05) is 13.3 Å². The van der Waals surface area contributed by atoms with Gasteiger partial charge >= 0.3 is 5.97 Å². The van der Waals surface area contributed by atoms with Crippen LogP contribution in [0.25, 0.3) is 0 Å². The van der Waals surface area contributed by atoms with Crippen LogP contribution in [-0.4, -0.2) is 35.7 Å². The Labute approximate surface area is 206 Å². The molecule has 3 aliphatic rings. The predicted octanol–water partition coefficient (Wildman–Crippen LogP) is 5.29. The standard InChI is InChI=1S/C29H31NO5/c1-19(2)14-15-30-24-13-12-20(3)16-23(24)29(28(30)32,35-27(31)21-8-5-4-6-9-21)17-22-10-7-11-25-26(22)34-18-33-25/h4-11,13,16,19-20H,12,14-15,17-18H2,1-3H3. The highest BCUT2D eigenvalue weighted by Crippen LogP contribution is 2.48. The molecule has 2 aromatic rings. The van der Waals surface area contributed by atoms with Crippen LogP contribution in [0.2, 0.25) is 0 Å². The van der Waals surface area contributed by atoms with Gasteiger partial charge in [0.25, 0.3) is 5.91 Å². The van der Waals surface area contributed by atoms with Crippen LogP contribution in [0.4, 0.5) is 0 Å². The van der Waals surface area contributed by atoms with E-state index in [1.54, 1.807) is 24.3 Å². The van der Waals surface area contributed by atoms with Crippen molar-refractivity contribution in [1.82, 2.24) is 4.90 Å². The lowest BCUT2D eigenvalue weighted by atomic mass is 9.82. The fraction of sp³-hybridized carbons (Fsp3) is 0.379. The Hall–Kier alpha value is -3.54. The van der Waals surface area contributed by atoms with Gasteiger partial charge in [-0.15, -0.1) is 0 Å². The Balaban J connectivity index is 1.62. The Morgan fingerprint density at radius 1 is 1.14 bits per heavy atom. The highest BCUT2D eigenvalue weighted by Gasteiger charge is 2.57. The van der Waals surface area contributed by atoms with Gasteiger partial charge in [0.2, 0.25) is 12.4 Å². The first kappa shape index (κ1) is 23.2. The van der Waals surface area contributed by atoms with Crippen molar-refractivity contribution in [3.63, 3.8) is 0 Å². The van der Waals surface area contributed by atoms with Crippen molar-refractivity contribution in [1.29, 1.82) is 0 Å². The van der Waals surface area contributed by atoms with Crippen LogP contribution >= 0.6 is 0 Å². The molecule has 0 aromatic heterocycles. The number of carbonyl (C=O) groups excluding carboxylic acids is 2. The molecular weight excluding hydrogens is 442 g/mol. The van der Waals surface area contributed by atoms with Gasteiger partial charge in [-0.1, -0.05) is 63.3 Å². The van der Waals surface area contributed by atoms with Crippen molar-refractivity contribution in [2.45, 2.75) is 45.6 Å². The molecule has 1 aliphatic carbocycles. The van der Waals surface area contributed by atoms with Gasteiger partial charge in [-0.25, -0.2) is 4.79 Å². The lowest BCUT2D eigenvalue weighted by Crippen LogP contribution is -2.47. The van der Waals surface area contributed by atoms with E-state index in [1.807, 2.05) is 29.2 Å². The highest BCUT2D eigenvalue weighted by molar-refractivity contribution is 6.01. The minimum atomic E-state index is -1.48. The van der Waals surface area contributed by atoms with E-state index in [0.29, 0.717) is 29.5 Å². The number of likely N-dealkylation sites (tertiary alicyclic amines) is 1. The predicted molar refractivity (Wildman–Crippen MR) is 132 cm³/mol. The maximum Gasteiger partial charge on any atom is 0.339 e. The molecule has 6 nitrogen and oxygen atoms in total. The molecule has 0 N–H and O–H groups in total. The number of fused-ring (bicyclic) bond motifs is 2. The minimum absolute atomic E-state index is 0.127. The zero-order valence-corrected chi connectivity index (χ0v) is 20.5. The molecule has 5 rings (SSSR count). The zero-order chi connectivity index (χ0) is 24.6. The van der Waals surface area contributed by atoms with Crippen LogP contribution in [0.1, 0.15) is 49.5 Å². The topological polar surface area (TPSA) is 65.1 Å². The molecule has 0 saturated carbocycles. The van der Waals surface area contributed by atoms with Gasteiger partial charge in [-0.05, 0) is 42.9 Å². The number of carbonyl (C=O) groups is 2. The van der Waals surface area contributed by atoms with E-state index in [-0.39, 0.29) is 25.0 Å². The third-order valence-corrected chi connectivity index (χ3v) is 6.85. The van der Waals surface area contributed by atoms with Crippen molar-refractivity contribution >= 4 is 11.9 Å². The molecule has 0 radical (unpaired) electrons. The molecule has 2 heterocycles. The molecule has 1 fully saturated rings. The summed E-state index contributed by atoms with van der Waals surface area (Å²) in [5.74, 6) is 1.17.